The van der Waals surface area contributed by atoms with E-state index in [1.165, 1.54) is 23.1 Å². The minimum Gasteiger partial charge on any atom is -0.352 e. The Morgan fingerprint density at radius 1 is 0.792 bits per heavy atom. The van der Waals surface area contributed by atoms with Gasteiger partial charge < -0.3 is 10.2 Å². The van der Waals surface area contributed by atoms with Gasteiger partial charge in [-0.1, -0.05) is 109 Å². The van der Waals surface area contributed by atoms with E-state index in [0.29, 0.717) is 10.6 Å². The zero-order chi connectivity index (χ0) is 34.3. The molecular weight excluding hydrogens is 696 g/mol. The van der Waals surface area contributed by atoms with Crippen molar-refractivity contribution in [3.05, 3.63) is 129 Å². The quantitative estimate of drug-likeness (QED) is 0.160. The molecule has 48 heavy (non-hydrogen) atoms. The van der Waals surface area contributed by atoms with Gasteiger partial charge in [-0.3, -0.25) is 13.9 Å². The number of nitrogens with zero attached hydrogens (tertiary/aromatic N) is 2. The lowest BCUT2D eigenvalue weighted by atomic mass is 9.94. The Morgan fingerprint density at radius 3 is 2.10 bits per heavy atom. The lowest BCUT2D eigenvalue weighted by Crippen LogP contribution is -2.55. The highest BCUT2D eigenvalue weighted by Gasteiger charge is 2.35. The molecule has 0 bridgehead atoms. The molecule has 1 aliphatic carbocycles. The zero-order valence-electron chi connectivity index (χ0n) is 26.0. The van der Waals surface area contributed by atoms with E-state index < -0.39 is 34.3 Å². The van der Waals surface area contributed by atoms with Crippen molar-refractivity contribution in [2.24, 2.45) is 0 Å². The summed E-state index contributed by atoms with van der Waals surface area (Å²) >= 11 is 18.6. The molecule has 252 valence electrons. The molecule has 2 amide bonds. The lowest BCUT2D eigenvalue weighted by Gasteiger charge is -2.35. The van der Waals surface area contributed by atoms with Gasteiger partial charge in [0.2, 0.25) is 11.8 Å². The van der Waals surface area contributed by atoms with Gasteiger partial charge >= 0.3 is 0 Å². The normalized spacial score (nSPS) is 14.2. The number of nitrogens with one attached hydrogen (secondary N) is 1. The number of benzene rings is 4. The van der Waals surface area contributed by atoms with Crippen LogP contribution >= 0.6 is 34.8 Å². The molecule has 1 unspecified atom stereocenters. The minimum atomic E-state index is -4.36. The SMILES string of the molecule is O=C(NC1CCCCC1)C(Cc1ccccc1)N(Cc1ccc(Cl)c(Cl)c1)C(=O)CN(c1ccc(F)c(Cl)c1)S(=O)(=O)c1ccccc1. The number of sulfonamides is 1. The number of halogens is 4. The summed E-state index contributed by atoms with van der Waals surface area (Å²) in [5.74, 6) is -1.76. The predicted molar refractivity (Wildman–Crippen MR) is 188 cm³/mol. The number of amides is 2. The second-order valence-corrected chi connectivity index (χ2v) is 14.8. The molecule has 0 spiro atoms. The first-order valence-corrected chi connectivity index (χ1v) is 18.2. The van der Waals surface area contributed by atoms with Crippen LogP contribution in [0.5, 0.6) is 0 Å². The maximum Gasteiger partial charge on any atom is 0.264 e. The third-order valence-electron chi connectivity index (χ3n) is 8.36. The topological polar surface area (TPSA) is 86.8 Å². The highest BCUT2D eigenvalue weighted by atomic mass is 35.5. The van der Waals surface area contributed by atoms with Crippen molar-refractivity contribution >= 4 is 62.3 Å². The first-order valence-electron chi connectivity index (χ1n) is 15.6. The maximum absolute atomic E-state index is 14.6. The fourth-order valence-corrected chi connectivity index (χ4v) is 7.74. The van der Waals surface area contributed by atoms with E-state index in [1.54, 1.807) is 36.4 Å². The summed E-state index contributed by atoms with van der Waals surface area (Å²) < 4.78 is 43.3. The van der Waals surface area contributed by atoms with Crippen LogP contribution in [0.3, 0.4) is 0 Å². The molecule has 7 nitrogen and oxygen atoms in total. The Kier molecular flexibility index (Phi) is 12.0. The fraction of sp³-hybridized carbons (Fsp3) is 0.278. The first-order chi connectivity index (χ1) is 23.0. The summed E-state index contributed by atoms with van der Waals surface area (Å²) in [6.07, 6.45) is 4.92. The molecule has 0 saturated heterocycles. The monoisotopic (exact) mass is 729 g/mol. The van der Waals surface area contributed by atoms with Gasteiger partial charge in [0.05, 0.1) is 25.7 Å². The summed E-state index contributed by atoms with van der Waals surface area (Å²) in [6, 6.07) is 24.2. The number of hydrogen-bond donors (Lipinski definition) is 1. The largest absolute Gasteiger partial charge is 0.352 e. The second kappa shape index (κ2) is 16.2. The molecule has 1 atom stereocenters. The van der Waals surface area contributed by atoms with E-state index in [0.717, 1.165) is 54.1 Å². The van der Waals surface area contributed by atoms with Crippen LogP contribution in [-0.4, -0.2) is 43.8 Å². The van der Waals surface area contributed by atoms with Gasteiger partial charge in [0.25, 0.3) is 10.0 Å². The molecule has 1 N–H and O–H groups in total. The second-order valence-electron chi connectivity index (χ2n) is 11.7. The van der Waals surface area contributed by atoms with Crippen LogP contribution < -0.4 is 9.62 Å². The number of carbonyl (C=O) groups excluding carboxylic acids is 2. The van der Waals surface area contributed by atoms with Crippen molar-refractivity contribution in [3.63, 3.8) is 0 Å². The smallest absolute Gasteiger partial charge is 0.264 e. The number of hydrogen-bond acceptors (Lipinski definition) is 4. The molecule has 4 aromatic rings. The molecular formula is C36H35Cl3FN3O4S. The standard InChI is InChI=1S/C36H35Cl3FN3O4S/c37-30-18-16-26(20-31(30)38)23-42(34(21-25-10-4-1-5-11-25)36(45)41-27-12-6-2-7-13-27)35(44)24-43(28-17-19-33(40)32(39)22-28)48(46,47)29-14-8-3-9-15-29/h1,3-5,8-11,14-20,22,27,34H,2,6-7,12-13,21,23-24H2,(H,41,45). The molecule has 5 rings (SSSR count). The van der Waals surface area contributed by atoms with E-state index in [1.807, 2.05) is 30.3 Å². The maximum atomic E-state index is 14.6. The molecule has 12 heteroatoms. The first kappa shape index (κ1) is 35.7. The number of carbonyl (C=O) groups is 2. The highest BCUT2D eigenvalue weighted by molar-refractivity contribution is 7.92. The van der Waals surface area contributed by atoms with Gasteiger partial charge in [0.15, 0.2) is 0 Å². The third kappa shape index (κ3) is 8.88. The van der Waals surface area contributed by atoms with Crippen LogP contribution in [0.25, 0.3) is 0 Å². The van der Waals surface area contributed by atoms with Crippen LogP contribution in [0.4, 0.5) is 10.1 Å². The Balaban J connectivity index is 1.58. The van der Waals surface area contributed by atoms with Crippen LogP contribution in [0, 0.1) is 5.82 Å². The summed E-state index contributed by atoms with van der Waals surface area (Å²) in [7, 11) is -4.36. The fourth-order valence-electron chi connectivity index (χ4n) is 5.82. The molecule has 1 aliphatic rings. The van der Waals surface area contributed by atoms with Crippen LogP contribution in [-0.2, 0) is 32.6 Å². The van der Waals surface area contributed by atoms with Gasteiger partial charge in [-0.05, 0) is 66.4 Å². The molecule has 0 aromatic heterocycles. The van der Waals surface area contributed by atoms with Crippen LogP contribution in [0.1, 0.15) is 43.2 Å². The Bertz CT molecular complexity index is 1840. The molecule has 0 heterocycles. The molecule has 0 radical (unpaired) electrons. The van der Waals surface area contributed by atoms with Gasteiger partial charge in [0, 0.05) is 19.0 Å². The highest BCUT2D eigenvalue weighted by Crippen LogP contribution is 2.29. The van der Waals surface area contributed by atoms with Gasteiger partial charge in [0.1, 0.15) is 18.4 Å². The minimum absolute atomic E-state index is 0.0145. The third-order valence-corrected chi connectivity index (χ3v) is 11.2. The average Bonchev–Trinajstić information content (AvgIpc) is 3.09. The van der Waals surface area contributed by atoms with E-state index >= 15 is 0 Å². The molecule has 1 saturated carbocycles. The summed E-state index contributed by atoms with van der Waals surface area (Å²) in [5.41, 5.74) is 1.38. The Hall–Kier alpha value is -3.63. The number of anilines is 1. The van der Waals surface area contributed by atoms with Gasteiger partial charge in [-0.2, -0.15) is 0 Å². The lowest BCUT2D eigenvalue weighted by molar-refractivity contribution is -0.140. The van der Waals surface area contributed by atoms with Crippen molar-refractivity contribution in [2.75, 3.05) is 10.8 Å². The molecule has 0 aliphatic heterocycles. The van der Waals surface area contributed by atoms with E-state index in [2.05, 4.69) is 5.32 Å². The van der Waals surface area contributed by atoms with E-state index in [9.17, 15) is 22.4 Å². The summed E-state index contributed by atoms with van der Waals surface area (Å²) in [5, 5.41) is 3.44. The van der Waals surface area contributed by atoms with Crippen LogP contribution in [0.2, 0.25) is 15.1 Å². The van der Waals surface area contributed by atoms with Crippen molar-refractivity contribution in [2.45, 2.75) is 62.0 Å². The number of rotatable bonds is 12. The summed E-state index contributed by atoms with van der Waals surface area (Å²) in [4.78, 5) is 30.1. The van der Waals surface area contributed by atoms with Gasteiger partial charge in [-0.25, -0.2) is 12.8 Å². The van der Waals surface area contributed by atoms with E-state index in [-0.39, 0.29) is 45.5 Å². The van der Waals surface area contributed by atoms with Crippen molar-refractivity contribution in [1.82, 2.24) is 10.2 Å². The van der Waals surface area contributed by atoms with Crippen molar-refractivity contribution in [3.8, 4) is 0 Å². The van der Waals surface area contributed by atoms with Crippen molar-refractivity contribution < 1.29 is 22.4 Å². The van der Waals surface area contributed by atoms with Gasteiger partial charge in [-0.15, -0.1) is 0 Å². The average molecular weight is 731 g/mol. The Morgan fingerprint density at radius 2 is 1.46 bits per heavy atom. The van der Waals surface area contributed by atoms with Crippen LogP contribution in [0.15, 0.2) is 102 Å². The molecule has 1 fully saturated rings. The zero-order valence-corrected chi connectivity index (χ0v) is 29.1. The molecule has 4 aromatic carbocycles. The van der Waals surface area contributed by atoms with Crippen molar-refractivity contribution in [1.29, 1.82) is 0 Å². The summed E-state index contributed by atoms with van der Waals surface area (Å²) in [6.45, 7) is -0.781. The Labute approximate surface area is 295 Å². The predicted octanol–water partition coefficient (Wildman–Crippen LogP) is 8.07. The van der Waals surface area contributed by atoms with E-state index in [4.69, 9.17) is 34.8 Å².